The zero-order chi connectivity index (χ0) is 14.2. The summed E-state index contributed by atoms with van der Waals surface area (Å²) in [6.07, 6.45) is 3.79. The molecule has 1 aliphatic heterocycles. The lowest BCUT2D eigenvalue weighted by atomic mass is 9.73. The average Bonchev–Trinajstić information content (AvgIpc) is 3.17. The average molecular weight is 276 g/mol. The van der Waals surface area contributed by atoms with Gasteiger partial charge in [0.1, 0.15) is 11.4 Å². The fourth-order valence-electron chi connectivity index (χ4n) is 3.01. The third-order valence-electron chi connectivity index (χ3n) is 4.33. The summed E-state index contributed by atoms with van der Waals surface area (Å²) in [6, 6.07) is 7.52. The van der Waals surface area contributed by atoms with E-state index in [1.807, 2.05) is 31.2 Å². The molecule has 1 saturated heterocycles. The molecule has 1 aromatic carbocycles. The monoisotopic (exact) mass is 276 g/mol. The van der Waals surface area contributed by atoms with Crippen LogP contribution in [0.3, 0.4) is 0 Å². The molecule has 2 aliphatic rings. The zero-order valence-corrected chi connectivity index (χ0v) is 12.0. The predicted molar refractivity (Wildman–Crippen MR) is 73.6 cm³/mol. The van der Waals surface area contributed by atoms with Gasteiger partial charge in [-0.2, -0.15) is 0 Å². The van der Waals surface area contributed by atoms with Crippen LogP contribution in [0, 0.1) is 0 Å². The third kappa shape index (κ3) is 1.74. The maximum absolute atomic E-state index is 12.5. The van der Waals surface area contributed by atoms with Crippen molar-refractivity contribution in [3.8, 4) is 5.75 Å². The van der Waals surface area contributed by atoms with Crippen LogP contribution in [0.1, 0.15) is 38.2 Å². The molecule has 0 amide bonds. The highest BCUT2D eigenvalue weighted by molar-refractivity contribution is 5.87. The van der Waals surface area contributed by atoms with Gasteiger partial charge in [0.15, 0.2) is 0 Å². The highest BCUT2D eigenvalue weighted by atomic mass is 16.7. The van der Waals surface area contributed by atoms with Crippen molar-refractivity contribution in [2.45, 2.75) is 43.8 Å². The van der Waals surface area contributed by atoms with Crippen LogP contribution in [-0.2, 0) is 19.9 Å². The van der Waals surface area contributed by atoms with E-state index in [1.54, 1.807) is 7.11 Å². The van der Waals surface area contributed by atoms with E-state index in [2.05, 4.69) is 0 Å². The van der Waals surface area contributed by atoms with Gasteiger partial charge in [0, 0.05) is 0 Å². The summed E-state index contributed by atoms with van der Waals surface area (Å²) < 4.78 is 16.5. The number of methoxy groups -OCH3 is 1. The molecular formula is C16H20O4. The van der Waals surface area contributed by atoms with Gasteiger partial charge in [-0.1, -0.05) is 19.1 Å². The topological polar surface area (TPSA) is 48.1 Å². The predicted octanol–water partition coefficient (Wildman–Crippen LogP) is 2.80. The first kappa shape index (κ1) is 13.4. The van der Waals surface area contributed by atoms with Gasteiger partial charge < -0.3 is 14.2 Å². The van der Waals surface area contributed by atoms with Crippen molar-refractivity contribution >= 4 is 5.97 Å². The van der Waals surface area contributed by atoms with Crippen LogP contribution in [-0.4, -0.2) is 25.3 Å². The molecule has 2 fully saturated rings. The minimum atomic E-state index is -0.882. The van der Waals surface area contributed by atoms with Crippen molar-refractivity contribution in [3.63, 3.8) is 0 Å². The molecule has 0 radical (unpaired) electrons. The molecule has 1 spiro atoms. The lowest BCUT2D eigenvalue weighted by Gasteiger charge is -2.26. The van der Waals surface area contributed by atoms with Gasteiger partial charge in [-0.25, -0.2) is 4.79 Å². The summed E-state index contributed by atoms with van der Waals surface area (Å²) in [4.78, 5) is 12.5. The van der Waals surface area contributed by atoms with Crippen molar-refractivity contribution in [2.75, 3.05) is 13.7 Å². The van der Waals surface area contributed by atoms with Crippen LogP contribution < -0.4 is 4.74 Å². The number of carbonyl (C=O) groups is 1. The number of hydrogen-bond donors (Lipinski definition) is 0. The van der Waals surface area contributed by atoms with E-state index in [1.165, 1.54) is 0 Å². The van der Waals surface area contributed by atoms with Crippen molar-refractivity contribution in [2.24, 2.45) is 0 Å². The first-order valence-corrected chi connectivity index (χ1v) is 7.20. The lowest BCUT2D eigenvalue weighted by molar-refractivity contribution is -0.150. The summed E-state index contributed by atoms with van der Waals surface area (Å²) in [5, 5.41) is 0. The standard InChI is InChI=1S/C16H20O4/c1-3-11-19-14(17)16(15(20-16)9-4-10-15)12-5-7-13(18-2)8-6-12/h5-8H,3-4,9-11H2,1-2H3. The quantitative estimate of drug-likeness (QED) is 0.613. The van der Waals surface area contributed by atoms with E-state index in [0.717, 1.165) is 37.0 Å². The largest absolute Gasteiger partial charge is 0.497 e. The highest BCUT2D eigenvalue weighted by Gasteiger charge is 2.78. The van der Waals surface area contributed by atoms with Gasteiger partial charge in [-0.05, 0) is 43.4 Å². The fraction of sp³-hybridized carbons (Fsp3) is 0.562. The molecule has 20 heavy (non-hydrogen) atoms. The highest BCUT2D eigenvalue weighted by Crippen LogP contribution is 2.66. The normalized spacial score (nSPS) is 25.9. The number of benzene rings is 1. The van der Waals surface area contributed by atoms with Crippen LogP contribution in [0.2, 0.25) is 0 Å². The SMILES string of the molecule is CCCOC(=O)C1(c2ccc(OC)cc2)OC12CCC2. The Morgan fingerprint density at radius 1 is 1.30 bits per heavy atom. The van der Waals surface area contributed by atoms with E-state index in [-0.39, 0.29) is 11.6 Å². The molecule has 1 aliphatic carbocycles. The summed E-state index contributed by atoms with van der Waals surface area (Å²) in [5.74, 6) is 0.526. The molecule has 3 rings (SSSR count). The number of carbonyl (C=O) groups excluding carboxylic acids is 1. The Hall–Kier alpha value is -1.55. The Kier molecular flexibility index (Phi) is 3.21. The van der Waals surface area contributed by atoms with Gasteiger partial charge in [0.05, 0.1) is 13.7 Å². The van der Waals surface area contributed by atoms with Gasteiger partial charge >= 0.3 is 5.97 Å². The van der Waals surface area contributed by atoms with Gasteiger partial charge in [0.25, 0.3) is 0 Å². The first-order chi connectivity index (χ1) is 9.68. The van der Waals surface area contributed by atoms with E-state index in [4.69, 9.17) is 14.2 Å². The number of esters is 1. The summed E-state index contributed by atoms with van der Waals surface area (Å²) in [7, 11) is 1.63. The molecule has 0 bridgehead atoms. The van der Waals surface area contributed by atoms with Crippen molar-refractivity contribution in [3.05, 3.63) is 29.8 Å². The van der Waals surface area contributed by atoms with E-state index < -0.39 is 5.60 Å². The van der Waals surface area contributed by atoms with Crippen LogP contribution in [0.15, 0.2) is 24.3 Å². The molecule has 1 unspecified atom stereocenters. The summed E-state index contributed by atoms with van der Waals surface area (Å²) in [5.41, 5.74) is -0.321. The molecule has 1 saturated carbocycles. The third-order valence-corrected chi connectivity index (χ3v) is 4.33. The summed E-state index contributed by atoms with van der Waals surface area (Å²) >= 11 is 0. The minimum Gasteiger partial charge on any atom is -0.497 e. The molecule has 0 aromatic heterocycles. The van der Waals surface area contributed by atoms with Crippen LogP contribution in [0.5, 0.6) is 5.75 Å². The number of hydrogen-bond acceptors (Lipinski definition) is 4. The number of ether oxygens (including phenoxy) is 3. The van der Waals surface area contributed by atoms with Crippen LogP contribution >= 0.6 is 0 Å². The van der Waals surface area contributed by atoms with E-state index in [9.17, 15) is 4.79 Å². The molecular weight excluding hydrogens is 256 g/mol. The summed E-state index contributed by atoms with van der Waals surface area (Å²) in [6.45, 7) is 2.43. The molecule has 1 aromatic rings. The molecule has 108 valence electrons. The smallest absolute Gasteiger partial charge is 0.346 e. The maximum atomic E-state index is 12.5. The van der Waals surface area contributed by atoms with E-state index in [0.29, 0.717) is 6.61 Å². The maximum Gasteiger partial charge on any atom is 0.346 e. The Bertz CT molecular complexity index is 504. The zero-order valence-electron chi connectivity index (χ0n) is 12.0. The fourth-order valence-corrected chi connectivity index (χ4v) is 3.01. The van der Waals surface area contributed by atoms with Crippen molar-refractivity contribution in [1.82, 2.24) is 0 Å². The lowest BCUT2D eigenvalue weighted by Crippen LogP contribution is -2.38. The van der Waals surface area contributed by atoms with Crippen LogP contribution in [0.25, 0.3) is 0 Å². The Morgan fingerprint density at radius 3 is 2.45 bits per heavy atom. The minimum absolute atomic E-state index is 0.246. The molecule has 4 heteroatoms. The Morgan fingerprint density at radius 2 is 2.00 bits per heavy atom. The number of epoxide rings is 1. The van der Waals surface area contributed by atoms with Gasteiger partial charge in [-0.3, -0.25) is 0 Å². The van der Waals surface area contributed by atoms with Gasteiger partial charge in [-0.15, -0.1) is 0 Å². The molecule has 0 N–H and O–H groups in total. The second-order valence-electron chi connectivity index (χ2n) is 5.50. The Balaban J connectivity index is 1.88. The number of rotatable bonds is 5. The second kappa shape index (κ2) is 4.77. The van der Waals surface area contributed by atoms with Gasteiger partial charge in [0.2, 0.25) is 5.60 Å². The van der Waals surface area contributed by atoms with Crippen LogP contribution in [0.4, 0.5) is 0 Å². The van der Waals surface area contributed by atoms with Crippen molar-refractivity contribution in [1.29, 1.82) is 0 Å². The molecule has 1 heterocycles. The first-order valence-electron chi connectivity index (χ1n) is 7.20. The second-order valence-corrected chi connectivity index (χ2v) is 5.50. The Labute approximate surface area is 119 Å². The van der Waals surface area contributed by atoms with Crippen molar-refractivity contribution < 1.29 is 19.0 Å². The molecule has 4 nitrogen and oxygen atoms in total. The molecule has 1 atom stereocenters. The van der Waals surface area contributed by atoms with E-state index >= 15 is 0 Å².